The Balaban J connectivity index is 2.18. The standard InChI is InChI=1S/C10H10BrNO2S3/c1-12(6-9-5-8(11)7-16-9)17(13,14)10-3-2-4-15-10/h2-5,7H,6H2,1H3. The minimum atomic E-state index is -3.34. The second kappa shape index (κ2) is 5.19. The van der Waals surface area contributed by atoms with E-state index in [1.165, 1.54) is 15.6 Å². The molecule has 0 amide bonds. The quantitative estimate of drug-likeness (QED) is 0.846. The summed E-state index contributed by atoms with van der Waals surface area (Å²) >= 11 is 6.14. The first-order valence-corrected chi connectivity index (χ1v) is 8.72. The van der Waals surface area contributed by atoms with Gasteiger partial charge in [-0.1, -0.05) is 6.07 Å². The molecule has 2 rings (SSSR count). The Morgan fingerprint density at radius 3 is 2.71 bits per heavy atom. The Morgan fingerprint density at radius 1 is 1.41 bits per heavy atom. The molecule has 92 valence electrons. The molecule has 0 aliphatic carbocycles. The largest absolute Gasteiger partial charge is 0.252 e. The Labute approximate surface area is 117 Å². The van der Waals surface area contributed by atoms with Crippen molar-refractivity contribution in [2.45, 2.75) is 10.8 Å². The third-order valence-electron chi connectivity index (χ3n) is 2.16. The molecule has 0 radical (unpaired) electrons. The molecule has 0 fully saturated rings. The molecule has 2 heterocycles. The number of hydrogen-bond acceptors (Lipinski definition) is 4. The van der Waals surface area contributed by atoms with Crippen LogP contribution in [0, 0.1) is 0 Å². The maximum atomic E-state index is 12.1. The van der Waals surface area contributed by atoms with Crippen LogP contribution in [0.25, 0.3) is 0 Å². The highest BCUT2D eigenvalue weighted by atomic mass is 79.9. The monoisotopic (exact) mass is 351 g/mol. The van der Waals surface area contributed by atoms with Crippen LogP contribution in [-0.4, -0.2) is 19.8 Å². The number of hydrogen-bond donors (Lipinski definition) is 0. The average molecular weight is 352 g/mol. The summed E-state index contributed by atoms with van der Waals surface area (Å²) in [6, 6.07) is 5.30. The number of nitrogens with zero attached hydrogens (tertiary/aromatic N) is 1. The van der Waals surface area contributed by atoms with Crippen LogP contribution in [0.2, 0.25) is 0 Å². The summed E-state index contributed by atoms with van der Waals surface area (Å²) < 4.78 is 27.0. The predicted molar refractivity (Wildman–Crippen MR) is 75.0 cm³/mol. The zero-order valence-electron chi connectivity index (χ0n) is 8.96. The zero-order valence-corrected chi connectivity index (χ0v) is 13.0. The van der Waals surface area contributed by atoms with Gasteiger partial charge in [0, 0.05) is 28.3 Å². The van der Waals surface area contributed by atoms with Crippen LogP contribution < -0.4 is 0 Å². The van der Waals surface area contributed by atoms with E-state index in [1.54, 1.807) is 35.9 Å². The van der Waals surface area contributed by atoms with Gasteiger partial charge in [-0.3, -0.25) is 0 Å². The molecule has 2 aromatic rings. The fraction of sp³-hybridized carbons (Fsp3) is 0.200. The molecule has 7 heteroatoms. The number of sulfonamides is 1. The first-order valence-electron chi connectivity index (χ1n) is 4.73. The van der Waals surface area contributed by atoms with Gasteiger partial charge in [0.25, 0.3) is 10.0 Å². The van der Waals surface area contributed by atoms with E-state index < -0.39 is 10.0 Å². The summed E-state index contributed by atoms with van der Waals surface area (Å²) in [6.45, 7) is 0.399. The molecular weight excluding hydrogens is 342 g/mol. The Bertz CT molecular complexity index is 589. The van der Waals surface area contributed by atoms with Crippen molar-refractivity contribution < 1.29 is 8.42 Å². The topological polar surface area (TPSA) is 37.4 Å². The summed E-state index contributed by atoms with van der Waals surface area (Å²) in [4.78, 5) is 1.01. The molecule has 0 spiro atoms. The molecule has 0 atom stereocenters. The van der Waals surface area contributed by atoms with Crippen LogP contribution in [0.4, 0.5) is 0 Å². The lowest BCUT2D eigenvalue weighted by atomic mass is 10.5. The predicted octanol–water partition coefficient (Wildman–Crippen LogP) is 3.39. The lowest BCUT2D eigenvalue weighted by molar-refractivity contribution is 0.471. The Hall–Kier alpha value is -0.210. The third-order valence-corrected chi connectivity index (χ3v) is 7.02. The minimum Gasteiger partial charge on any atom is -0.206 e. The molecule has 0 aromatic carbocycles. The summed E-state index contributed by atoms with van der Waals surface area (Å²) in [5.41, 5.74) is 0. The van der Waals surface area contributed by atoms with Crippen LogP contribution in [0.5, 0.6) is 0 Å². The van der Waals surface area contributed by atoms with E-state index in [2.05, 4.69) is 15.9 Å². The first kappa shape index (κ1) is 13.2. The maximum absolute atomic E-state index is 12.1. The highest BCUT2D eigenvalue weighted by Gasteiger charge is 2.22. The van der Waals surface area contributed by atoms with Gasteiger partial charge in [-0.15, -0.1) is 22.7 Å². The summed E-state index contributed by atoms with van der Waals surface area (Å²) in [5.74, 6) is 0. The Morgan fingerprint density at radius 2 is 2.18 bits per heavy atom. The molecule has 0 aliphatic rings. The van der Waals surface area contributed by atoms with Gasteiger partial charge >= 0.3 is 0 Å². The van der Waals surface area contributed by atoms with Gasteiger partial charge in [0.2, 0.25) is 0 Å². The summed E-state index contributed by atoms with van der Waals surface area (Å²) in [6.07, 6.45) is 0. The van der Waals surface area contributed by atoms with Crippen LogP contribution in [0.15, 0.2) is 37.6 Å². The first-order chi connectivity index (χ1) is 8.00. The van der Waals surface area contributed by atoms with E-state index in [0.717, 1.165) is 9.35 Å². The SMILES string of the molecule is CN(Cc1cc(Br)cs1)S(=O)(=O)c1cccs1. The van der Waals surface area contributed by atoms with E-state index >= 15 is 0 Å². The smallest absolute Gasteiger partial charge is 0.206 e. The molecule has 0 bridgehead atoms. The van der Waals surface area contributed by atoms with Gasteiger partial charge in [-0.05, 0) is 33.4 Å². The molecule has 2 aromatic heterocycles. The second-order valence-electron chi connectivity index (χ2n) is 3.42. The molecule has 17 heavy (non-hydrogen) atoms. The number of halogens is 1. The van der Waals surface area contributed by atoms with Gasteiger partial charge in [0.15, 0.2) is 0 Å². The number of thiophene rings is 2. The third kappa shape index (κ3) is 2.97. The number of rotatable bonds is 4. The average Bonchev–Trinajstić information content (AvgIpc) is 2.89. The van der Waals surface area contributed by atoms with Gasteiger partial charge in [-0.25, -0.2) is 8.42 Å². The lowest BCUT2D eigenvalue weighted by Gasteiger charge is -2.14. The van der Waals surface area contributed by atoms with Gasteiger partial charge in [0.1, 0.15) is 4.21 Å². The van der Waals surface area contributed by atoms with Crippen molar-refractivity contribution in [2.75, 3.05) is 7.05 Å². The fourth-order valence-electron chi connectivity index (χ4n) is 1.31. The highest BCUT2D eigenvalue weighted by molar-refractivity contribution is 9.10. The van der Waals surface area contributed by atoms with Crippen LogP contribution >= 0.6 is 38.6 Å². The lowest BCUT2D eigenvalue weighted by Crippen LogP contribution is -2.25. The van der Waals surface area contributed by atoms with E-state index in [-0.39, 0.29) is 0 Å². The van der Waals surface area contributed by atoms with Crippen LogP contribution in [-0.2, 0) is 16.6 Å². The molecular formula is C10H10BrNO2S3. The van der Waals surface area contributed by atoms with Crippen molar-refractivity contribution >= 4 is 48.6 Å². The highest BCUT2D eigenvalue weighted by Crippen LogP contribution is 2.25. The molecule has 0 saturated heterocycles. The van der Waals surface area contributed by atoms with E-state index in [4.69, 9.17) is 0 Å². The Kier molecular flexibility index (Phi) is 4.04. The van der Waals surface area contributed by atoms with Crippen molar-refractivity contribution in [3.8, 4) is 0 Å². The van der Waals surface area contributed by atoms with Crippen LogP contribution in [0.1, 0.15) is 4.88 Å². The van der Waals surface area contributed by atoms with Crippen molar-refractivity contribution in [3.05, 3.63) is 38.3 Å². The van der Waals surface area contributed by atoms with Crippen LogP contribution in [0.3, 0.4) is 0 Å². The van der Waals surface area contributed by atoms with Gasteiger partial charge < -0.3 is 0 Å². The molecule has 0 N–H and O–H groups in total. The minimum absolute atomic E-state index is 0.385. The van der Waals surface area contributed by atoms with Crippen molar-refractivity contribution in [1.29, 1.82) is 0 Å². The van der Waals surface area contributed by atoms with Crippen molar-refractivity contribution in [1.82, 2.24) is 4.31 Å². The van der Waals surface area contributed by atoms with Gasteiger partial charge in [-0.2, -0.15) is 4.31 Å². The fourth-order valence-corrected chi connectivity index (χ4v) is 5.24. The van der Waals surface area contributed by atoms with Crippen molar-refractivity contribution in [2.24, 2.45) is 0 Å². The molecule has 0 unspecified atom stereocenters. The maximum Gasteiger partial charge on any atom is 0.252 e. The van der Waals surface area contributed by atoms with E-state index in [9.17, 15) is 8.42 Å². The summed E-state index contributed by atoms with van der Waals surface area (Å²) in [5, 5.41) is 3.71. The zero-order chi connectivity index (χ0) is 12.5. The second-order valence-corrected chi connectivity index (χ2v) is 8.56. The van der Waals surface area contributed by atoms with Crippen molar-refractivity contribution in [3.63, 3.8) is 0 Å². The van der Waals surface area contributed by atoms with Gasteiger partial charge in [0.05, 0.1) is 0 Å². The van der Waals surface area contributed by atoms with E-state index in [0.29, 0.717) is 10.8 Å². The molecule has 3 nitrogen and oxygen atoms in total. The molecule has 0 saturated carbocycles. The summed E-state index contributed by atoms with van der Waals surface area (Å²) in [7, 11) is -1.74. The normalized spacial score (nSPS) is 12.2. The molecule has 0 aliphatic heterocycles. The van der Waals surface area contributed by atoms with E-state index in [1.807, 2.05) is 11.4 Å².